The number of benzene rings is 2. The van der Waals surface area contributed by atoms with Gasteiger partial charge in [0.25, 0.3) is 0 Å². The van der Waals surface area contributed by atoms with Crippen LogP contribution in [0, 0.1) is 0 Å². The SMILES string of the molecule is C=CC(O)Nc1cc(Nc2cc(-c3ccc4c(cnn4C)c3)ncn2)c(OC(F)F)cc1N1CCC(N2C[C@@H](C)O[C@@H](C)C2)CC1. The summed E-state index contributed by atoms with van der Waals surface area (Å²) in [6, 6.07) is 11.3. The van der Waals surface area contributed by atoms with Gasteiger partial charge >= 0.3 is 6.61 Å². The fourth-order valence-electron chi connectivity index (χ4n) is 6.49. The molecule has 4 aromatic rings. The minimum absolute atomic E-state index is 0.0430. The summed E-state index contributed by atoms with van der Waals surface area (Å²) in [5.74, 6) is 0.340. The van der Waals surface area contributed by atoms with Gasteiger partial charge in [-0.05, 0) is 51.0 Å². The lowest BCUT2D eigenvalue weighted by Gasteiger charge is -2.44. The van der Waals surface area contributed by atoms with Gasteiger partial charge in [0, 0.05) is 62.4 Å². The maximum Gasteiger partial charge on any atom is 0.387 e. The number of hydrogen-bond acceptors (Lipinski definition) is 10. The van der Waals surface area contributed by atoms with E-state index in [4.69, 9.17) is 9.47 Å². The van der Waals surface area contributed by atoms with Crippen molar-refractivity contribution in [3.05, 3.63) is 61.6 Å². The van der Waals surface area contributed by atoms with E-state index in [1.165, 1.54) is 12.4 Å². The molecule has 0 spiro atoms. The standard InChI is InChI=1S/C33H40F2N8O3/c1-5-32(44)40-26-13-27(39-31-14-25(36-19-37-31)22-6-7-28-23(12-22)16-38-41(28)4)30(46-33(34)35)15-29(26)42-10-8-24(9-11-42)43-17-20(2)45-21(3)18-43/h5-7,12-16,19-21,24,32-33,40,44H,1,8-11,17-18H2,2-4H3,(H,36,37,39)/t20-,21+,32?. The predicted molar refractivity (Wildman–Crippen MR) is 175 cm³/mol. The smallest absolute Gasteiger partial charge is 0.387 e. The number of alkyl halides is 2. The van der Waals surface area contributed by atoms with E-state index in [1.54, 1.807) is 29.1 Å². The predicted octanol–water partition coefficient (Wildman–Crippen LogP) is 5.37. The van der Waals surface area contributed by atoms with Crippen molar-refractivity contribution >= 4 is 33.8 Å². The van der Waals surface area contributed by atoms with Gasteiger partial charge in [0.15, 0.2) is 5.75 Å². The number of nitrogens with one attached hydrogen (secondary N) is 2. The molecule has 0 aliphatic carbocycles. The third-order valence-electron chi connectivity index (χ3n) is 8.58. The van der Waals surface area contributed by atoms with Crippen LogP contribution in [0.2, 0.25) is 0 Å². The Morgan fingerprint density at radius 3 is 2.54 bits per heavy atom. The van der Waals surface area contributed by atoms with E-state index in [-0.39, 0.29) is 23.6 Å². The Kier molecular flexibility index (Phi) is 9.34. The van der Waals surface area contributed by atoms with E-state index < -0.39 is 12.8 Å². The van der Waals surface area contributed by atoms with E-state index in [9.17, 15) is 13.9 Å². The average molecular weight is 635 g/mol. The van der Waals surface area contributed by atoms with Gasteiger partial charge in [-0.3, -0.25) is 9.58 Å². The molecule has 11 nitrogen and oxygen atoms in total. The van der Waals surface area contributed by atoms with Crippen LogP contribution in [-0.4, -0.2) is 87.0 Å². The van der Waals surface area contributed by atoms with Crippen LogP contribution in [0.4, 0.5) is 31.7 Å². The van der Waals surface area contributed by atoms with Crippen LogP contribution in [-0.2, 0) is 11.8 Å². The number of rotatable bonds is 10. The Morgan fingerprint density at radius 2 is 1.83 bits per heavy atom. The average Bonchev–Trinajstić information content (AvgIpc) is 3.41. The monoisotopic (exact) mass is 634 g/mol. The Labute approximate surface area is 266 Å². The van der Waals surface area contributed by atoms with Crippen LogP contribution in [0.1, 0.15) is 26.7 Å². The molecule has 13 heteroatoms. The topological polar surface area (TPSA) is 113 Å². The van der Waals surface area contributed by atoms with E-state index in [2.05, 4.69) is 55.9 Å². The summed E-state index contributed by atoms with van der Waals surface area (Å²) in [4.78, 5) is 13.4. The number of aliphatic hydroxyl groups excluding tert-OH is 1. The molecule has 4 heterocycles. The van der Waals surface area contributed by atoms with Crippen LogP contribution in [0.5, 0.6) is 5.75 Å². The van der Waals surface area contributed by atoms with Gasteiger partial charge < -0.3 is 30.1 Å². The molecule has 244 valence electrons. The van der Waals surface area contributed by atoms with Crippen molar-refractivity contribution in [3.8, 4) is 17.0 Å². The quantitative estimate of drug-likeness (QED) is 0.156. The highest BCUT2D eigenvalue weighted by atomic mass is 19.3. The molecule has 6 rings (SSSR count). The van der Waals surface area contributed by atoms with E-state index in [0.717, 1.165) is 42.4 Å². The molecule has 2 saturated heterocycles. The third-order valence-corrected chi connectivity index (χ3v) is 8.58. The van der Waals surface area contributed by atoms with Crippen LogP contribution in [0.3, 0.4) is 0 Å². The number of aliphatic hydroxyl groups is 1. The first-order valence-electron chi connectivity index (χ1n) is 15.5. The zero-order valence-corrected chi connectivity index (χ0v) is 26.2. The van der Waals surface area contributed by atoms with Crippen molar-refractivity contribution in [1.29, 1.82) is 0 Å². The lowest BCUT2D eigenvalue weighted by atomic mass is 10.00. The molecule has 0 saturated carbocycles. The maximum atomic E-state index is 13.7. The number of aromatic nitrogens is 4. The summed E-state index contributed by atoms with van der Waals surface area (Å²) < 4.78 is 40.2. The van der Waals surface area contributed by atoms with Crippen molar-refractivity contribution < 1.29 is 23.4 Å². The molecule has 0 radical (unpaired) electrons. The number of ether oxygens (including phenoxy) is 2. The minimum Gasteiger partial charge on any atom is -0.433 e. The zero-order chi connectivity index (χ0) is 32.4. The van der Waals surface area contributed by atoms with Crippen molar-refractivity contribution in [3.63, 3.8) is 0 Å². The lowest BCUT2D eigenvalue weighted by molar-refractivity contribution is -0.0826. The molecule has 2 aliphatic heterocycles. The van der Waals surface area contributed by atoms with Crippen LogP contribution in [0.25, 0.3) is 22.2 Å². The van der Waals surface area contributed by atoms with Gasteiger partial charge in [0.05, 0.1) is 46.7 Å². The third kappa shape index (κ3) is 7.06. The molecule has 46 heavy (non-hydrogen) atoms. The highest BCUT2D eigenvalue weighted by molar-refractivity contribution is 5.85. The summed E-state index contributed by atoms with van der Waals surface area (Å²) in [5, 5.41) is 21.9. The second-order valence-electron chi connectivity index (χ2n) is 12.0. The van der Waals surface area contributed by atoms with Gasteiger partial charge in [-0.15, -0.1) is 0 Å². The number of morpholine rings is 1. The molecule has 2 fully saturated rings. The summed E-state index contributed by atoms with van der Waals surface area (Å²) in [5.41, 5.74) is 3.93. The summed E-state index contributed by atoms with van der Waals surface area (Å²) >= 11 is 0. The minimum atomic E-state index is -3.05. The van der Waals surface area contributed by atoms with Crippen molar-refractivity contribution in [1.82, 2.24) is 24.6 Å². The van der Waals surface area contributed by atoms with Crippen molar-refractivity contribution in [2.24, 2.45) is 7.05 Å². The molecule has 0 amide bonds. The molecule has 1 unspecified atom stereocenters. The molecule has 3 atom stereocenters. The number of hydrogen-bond donors (Lipinski definition) is 3. The number of anilines is 4. The van der Waals surface area contributed by atoms with Crippen molar-refractivity contribution in [2.45, 2.75) is 57.8 Å². The first-order chi connectivity index (χ1) is 22.2. The lowest BCUT2D eigenvalue weighted by Crippen LogP contribution is -2.53. The van der Waals surface area contributed by atoms with E-state index in [1.807, 2.05) is 25.2 Å². The fraction of sp³-hybridized carbons (Fsp3) is 0.424. The fourth-order valence-corrected chi connectivity index (χ4v) is 6.49. The molecular weight excluding hydrogens is 594 g/mol. The summed E-state index contributed by atoms with van der Waals surface area (Å²) in [7, 11) is 1.88. The number of aryl methyl sites for hydroxylation is 1. The first kappa shape index (κ1) is 31.6. The van der Waals surface area contributed by atoms with Gasteiger partial charge in [0.1, 0.15) is 18.4 Å². The highest BCUT2D eigenvalue weighted by Crippen LogP contribution is 2.41. The molecular formula is C33H40F2N8O3. The Hall–Kier alpha value is -4.33. The molecule has 2 aromatic carbocycles. The van der Waals surface area contributed by atoms with Gasteiger partial charge in [0.2, 0.25) is 0 Å². The molecule has 0 bridgehead atoms. The molecule has 2 aliphatic rings. The van der Waals surface area contributed by atoms with E-state index in [0.29, 0.717) is 42.0 Å². The van der Waals surface area contributed by atoms with E-state index >= 15 is 0 Å². The Balaban J connectivity index is 1.28. The number of fused-ring (bicyclic) bond motifs is 1. The Bertz CT molecular complexity index is 1670. The van der Waals surface area contributed by atoms with Crippen LogP contribution < -0.4 is 20.3 Å². The number of halogens is 2. The largest absolute Gasteiger partial charge is 0.433 e. The summed E-state index contributed by atoms with van der Waals surface area (Å²) in [6.07, 6.45) is 5.68. The first-order valence-corrected chi connectivity index (χ1v) is 15.5. The van der Waals surface area contributed by atoms with Gasteiger partial charge in [-0.2, -0.15) is 13.9 Å². The molecule has 2 aromatic heterocycles. The van der Waals surface area contributed by atoms with Gasteiger partial charge in [-0.1, -0.05) is 12.6 Å². The summed E-state index contributed by atoms with van der Waals surface area (Å²) in [6.45, 7) is 8.03. The Morgan fingerprint density at radius 1 is 1.07 bits per heavy atom. The number of piperidine rings is 1. The van der Waals surface area contributed by atoms with Gasteiger partial charge in [-0.25, -0.2) is 9.97 Å². The van der Waals surface area contributed by atoms with Crippen LogP contribution >= 0.6 is 0 Å². The second-order valence-corrected chi connectivity index (χ2v) is 12.0. The van der Waals surface area contributed by atoms with Crippen LogP contribution in [0.15, 0.2) is 61.6 Å². The highest BCUT2D eigenvalue weighted by Gasteiger charge is 2.31. The molecule has 3 N–H and O–H groups in total. The number of nitrogens with zero attached hydrogens (tertiary/aromatic N) is 6. The van der Waals surface area contributed by atoms with Crippen molar-refractivity contribution in [2.75, 3.05) is 41.7 Å². The normalized spacial score (nSPS) is 20.2. The maximum absolute atomic E-state index is 13.7. The zero-order valence-electron chi connectivity index (χ0n) is 26.2. The second kappa shape index (κ2) is 13.6.